The molecular formula is C16H18ClNO. The van der Waals surface area contributed by atoms with Gasteiger partial charge in [0.15, 0.2) is 0 Å². The quantitative estimate of drug-likeness (QED) is 0.845. The third kappa shape index (κ3) is 4.06. The smallest absolute Gasteiger partial charge is 0.0450 e. The molecule has 2 rings (SSSR count). The maximum Gasteiger partial charge on any atom is 0.0450 e. The van der Waals surface area contributed by atoms with Crippen LogP contribution in [0.25, 0.3) is 0 Å². The van der Waals surface area contributed by atoms with Crippen molar-refractivity contribution in [2.45, 2.75) is 19.0 Å². The number of rotatable bonds is 6. The second-order valence-electron chi connectivity index (χ2n) is 4.45. The summed E-state index contributed by atoms with van der Waals surface area (Å²) >= 11 is 6.14. The van der Waals surface area contributed by atoms with Gasteiger partial charge in [-0.3, -0.25) is 0 Å². The third-order valence-corrected chi connectivity index (χ3v) is 3.49. The minimum absolute atomic E-state index is 0.141. The van der Waals surface area contributed by atoms with E-state index in [0.29, 0.717) is 13.0 Å². The van der Waals surface area contributed by atoms with E-state index in [1.165, 1.54) is 5.56 Å². The Hall–Kier alpha value is -1.35. The first-order chi connectivity index (χ1) is 9.31. The number of nitrogens with one attached hydrogen (secondary N) is 1. The zero-order valence-electron chi connectivity index (χ0n) is 10.7. The van der Waals surface area contributed by atoms with E-state index in [4.69, 9.17) is 11.6 Å². The fraction of sp³-hybridized carbons (Fsp3) is 0.250. The molecule has 2 N–H and O–H groups in total. The normalized spacial score (nSPS) is 12.3. The summed E-state index contributed by atoms with van der Waals surface area (Å²) in [6, 6.07) is 18.1. The Bertz CT molecular complexity index is 501. The Morgan fingerprint density at radius 1 is 1.00 bits per heavy atom. The predicted molar refractivity (Wildman–Crippen MR) is 79.2 cm³/mol. The molecule has 1 atom stereocenters. The number of aliphatic hydroxyl groups excluding tert-OH is 1. The van der Waals surface area contributed by atoms with Crippen molar-refractivity contribution in [2.24, 2.45) is 0 Å². The zero-order valence-corrected chi connectivity index (χ0v) is 11.5. The molecule has 3 heteroatoms. The van der Waals surface area contributed by atoms with Crippen LogP contribution in [-0.2, 0) is 6.54 Å². The summed E-state index contributed by atoms with van der Waals surface area (Å²) in [5.41, 5.74) is 2.26. The van der Waals surface area contributed by atoms with Crippen LogP contribution in [0.15, 0.2) is 54.6 Å². The van der Waals surface area contributed by atoms with E-state index >= 15 is 0 Å². The molecule has 2 nitrogen and oxygen atoms in total. The standard InChI is InChI=1S/C16H18ClNO/c17-15-9-5-4-8-14(15)12-18-16(10-11-19)13-6-2-1-3-7-13/h1-9,16,18-19H,10-12H2/t16-/m1/s1. The SMILES string of the molecule is OCC[C@@H](NCc1ccccc1Cl)c1ccccc1. The van der Waals surface area contributed by atoms with Crippen molar-refractivity contribution in [1.29, 1.82) is 0 Å². The third-order valence-electron chi connectivity index (χ3n) is 3.12. The number of aliphatic hydroxyl groups is 1. The monoisotopic (exact) mass is 275 g/mol. The van der Waals surface area contributed by atoms with Crippen LogP contribution in [0.3, 0.4) is 0 Å². The molecule has 0 radical (unpaired) electrons. The highest BCUT2D eigenvalue weighted by Crippen LogP contribution is 2.19. The van der Waals surface area contributed by atoms with Crippen molar-refractivity contribution >= 4 is 11.6 Å². The molecule has 0 unspecified atom stereocenters. The highest BCUT2D eigenvalue weighted by Gasteiger charge is 2.10. The Morgan fingerprint density at radius 3 is 2.37 bits per heavy atom. The van der Waals surface area contributed by atoms with E-state index in [0.717, 1.165) is 10.6 Å². The molecule has 0 aliphatic heterocycles. The molecule has 2 aromatic carbocycles. The van der Waals surface area contributed by atoms with Gasteiger partial charge in [-0.1, -0.05) is 60.1 Å². The molecule has 0 spiro atoms. The lowest BCUT2D eigenvalue weighted by molar-refractivity contribution is 0.265. The van der Waals surface area contributed by atoms with Gasteiger partial charge in [0.25, 0.3) is 0 Å². The Kier molecular flexibility index (Phi) is 5.40. The average molecular weight is 276 g/mol. The van der Waals surface area contributed by atoms with Crippen LogP contribution in [0, 0.1) is 0 Å². The molecule has 0 aliphatic carbocycles. The van der Waals surface area contributed by atoms with Gasteiger partial charge in [-0.05, 0) is 23.6 Å². The molecule has 0 amide bonds. The van der Waals surface area contributed by atoms with Crippen LogP contribution in [0.4, 0.5) is 0 Å². The van der Waals surface area contributed by atoms with Gasteiger partial charge in [0.1, 0.15) is 0 Å². The number of halogens is 1. The van der Waals surface area contributed by atoms with Crippen molar-refractivity contribution in [2.75, 3.05) is 6.61 Å². The molecule has 0 aromatic heterocycles. The van der Waals surface area contributed by atoms with Gasteiger partial charge in [-0.25, -0.2) is 0 Å². The molecule has 0 fully saturated rings. The molecule has 0 bridgehead atoms. The van der Waals surface area contributed by atoms with Crippen molar-refractivity contribution in [3.63, 3.8) is 0 Å². The van der Waals surface area contributed by atoms with Gasteiger partial charge in [-0.15, -0.1) is 0 Å². The van der Waals surface area contributed by atoms with E-state index in [9.17, 15) is 5.11 Å². The first-order valence-electron chi connectivity index (χ1n) is 6.44. The van der Waals surface area contributed by atoms with Gasteiger partial charge >= 0.3 is 0 Å². The minimum atomic E-state index is 0.141. The fourth-order valence-electron chi connectivity index (χ4n) is 2.08. The van der Waals surface area contributed by atoms with Crippen LogP contribution in [0.2, 0.25) is 5.02 Å². The molecule has 19 heavy (non-hydrogen) atoms. The first kappa shape index (κ1) is 14.1. The van der Waals surface area contributed by atoms with E-state index < -0.39 is 0 Å². The van der Waals surface area contributed by atoms with E-state index in [-0.39, 0.29) is 12.6 Å². The van der Waals surface area contributed by atoms with E-state index in [1.807, 2.05) is 42.5 Å². The summed E-state index contributed by atoms with van der Waals surface area (Å²) in [5, 5.41) is 13.4. The van der Waals surface area contributed by atoms with Gasteiger partial charge in [0.2, 0.25) is 0 Å². The molecule has 0 saturated heterocycles. The van der Waals surface area contributed by atoms with Crippen LogP contribution < -0.4 is 5.32 Å². The highest BCUT2D eigenvalue weighted by molar-refractivity contribution is 6.31. The summed E-state index contributed by atoms with van der Waals surface area (Å²) in [6.07, 6.45) is 0.689. The molecule has 100 valence electrons. The summed E-state index contributed by atoms with van der Waals surface area (Å²) in [4.78, 5) is 0. The second kappa shape index (κ2) is 7.29. The molecular weight excluding hydrogens is 258 g/mol. The molecule has 0 heterocycles. The maximum atomic E-state index is 9.18. The lowest BCUT2D eigenvalue weighted by atomic mass is 10.0. The number of benzene rings is 2. The Morgan fingerprint density at radius 2 is 1.68 bits per heavy atom. The lowest BCUT2D eigenvalue weighted by Gasteiger charge is -2.18. The molecule has 0 saturated carbocycles. The van der Waals surface area contributed by atoms with E-state index in [1.54, 1.807) is 0 Å². The second-order valence-corrected chi connectivity index (χ2v) is 4.86. The van der Waals surface area contributed by atoms with Crippen LogP contribution in [-0.4, -0.2) is 11.7 Å². The largest absolute Gasteiger partial charge is 0.396 e. The Balaban J connectivity index is 2.04. The van der Waals surface area contributed by atoms with Gasteiger partial charge < -0.3 is 10.4 Å². The van der Waals surface area contributed by atoms with Crippen LogP contribution in [0.1, 0.15) is 23.6 Å². The number of hydrogen-bond donors (Lipinski definition) is 2. The topological polar surface area (TPSA) is 32.3 Å². The van der Waals surface area contributed by atoms with Crippen molar-refractivity contribution in [3.05, 3.63) is 70.7 Å². The van der Waals surface area contributed by atoms with Crippen molar-refractivity contribution in [1.82, 2.24) is 5.32 Å². The predicted octanol–water partition coefficient (Wildman–Crippen LogP) is 3.55. The first-order valence-corrected chi connectivity index (χ1v) is 6.81. The van der Waals surface area contributed by atoms with Crippen molar-refractivity contribution < 1.29 is 5.11 Å². The minimum Gasteiger partial charge on any atom is -0.396 e. The van der Waals surface area contributed by atoms with Crippen LogP contribution >= 0.6 is 11.6 Å². The molecule has 0 aliphatic rings. The number of hydrogen-bond acceptors (Lipinski definition) is 2. The van der Waals surface area contributed by atoms with Crippen LogP contribution in [0.5, 0.6) is 0 Å². The Labute approximate surface area is 119 Å². The average Bonchev–Trinajstić information content (AvgIpc) is 2.46. The summed E-state index contributed by atoms with van der Waals surface area (Å²) in [6.45, 7) is 0.855. The summed E-state index contributed by atoms with van der Waals surface area (Å²) in [5.74, 6) is 0. The zero-order chi connectivity index (χ0) is 13.5. The highest BCUT2D eigenvalue weighted by atomic mass is 35.5. The molecule has 2 aromatic rings. The maximum absolute atomic E-state index is 9.18. The lowest BCUT2D eigenvalue weighted by Crippen LogP contribution is -2.22. The van der Waals surface area contributed by atoms with Crippen molar-refractivity contribution in [3.8, 4) is 0 Å². The summed E-state index contributed by atoms with van der Waals surface area (Å²) in [7, 11) is 0. The van der Waals surface area contributed by atoms with Gasteiger partial charge in [0, 0.05) is 24.2 Å². The van der Waals surface area contributed by atoms with Gasteiger partial charge in [0.05, 0.1) is 0 Å². The fourth-order valence-corrected chi connectivity index (χ4v) is 2.28. The van der Waals surface area contributed by atoms with Gasteiger partial charge in [-0.2, -0.15) is 0 Å². The summed E-state index contributed by atoms with van der Waals surface area (Å²) < 4.78 is 0. The van der Waals surface area contributed by atoms with E-state index in [2.05, 4.69) is 17.4 Å².